The molecule has 1 aromatic carbocycles. The lowest BCUT2D eigenvalue weighted by Crippen LogP contribution is -2.32. The number of rotatable bonds is 4. The molecular formula is C12H15FN2O3. The lowest BCUT2D eigenvalue weighted by molar-refractivity contribution is 0.0697. The molecule has 0 aliphatic heterocycles. The first-order chi connectivity index (χ1) is 8.45. The van der Waals surface area contributed by atoms with Gasteiger partial charge in [-0.25, -0.2) is 14.0 Å². The molecule has 0 unspecified atom stereocenters. The van der Waals surface area contributed by atoms with Crippen LogP contribution in [0.4, 0.5) is 14.9 Å². The molecule has 98 valence electrons. The van der Waals surface area contributed by atoms with Crippen LogP contribution in [0.15, 0.2) is 18.2 Å². The van der Waals surface area contributed by atoms with Crippen molar-refractivity contribution in [2.45, 2.75) is 13.3 Å². The summed E-state index contributed by atoms with van der Waals surface area (Å²) in [5.74, 6) is -1.84. The number of anilines is 1. The molecule has 0 aromatic heterocycles. The zero-order valence-electron chi connectivity index (χ0n) is 10.2. The molecule has 1 rings (SSSR count). The molecule has 0 fully saturated rings. The second kappa shape index (κ2) is 6.00. The Bertz CT molecular complexity index is 463. The molecule has 18 heavy (non-hydrogen) atoms. The van der Waals surface area contributed by atoms with Crippen LogP contribution >= 0.6 is 0 Å². The van der Waals surface area contributed by atoms with Crippen LogP contribution in [-0.4, -0.2) is 35.6 Å². The summed E-state index contributed by atoms with van der Waals surface area (Å²) in [6.07, 6.45) is 0.779. The number of hydrogen-bond donors (Lipinski definition) is 2. The predicted octanol–water partition coefficient (Wildman–Crippen LogP) is 2.40. The third kappa shape index (κ3) is 3.44. The summed E-state index contributed by atoms with van der Waals surface area (Å²) in [7, 11) is 1.58. The molecule has 2 amide bonds. The van der Waals surface area contributed by atoms with E-state index in [0.29, 0.717) is 6.54 Å². The maximum absolute atomic E-state index is 13.4. The summed E-state index contributed by atoms with van der Waals surface area (Å²) >= 11 is 0. The van der Waals surface area contributed by atoms with E-state index < -0.39 is 17.8 Å². The molecule has 0 atom stereocenters. The van der Waals surface area contributed by atoms with E-state index in [2.05, 4.69) is 5.32 Å². The van der Waals surface area contributed by atoms with Gasteiger partial charge in [-0.3, -0.25) is 0 Å². The number of amides is 2. The molecule has 0 saturated heterocycles. The van der Waals surface area contributed by atoms with Gasteiger partial charge in [-0.2, -0.15) is 0 Å². The smallest absolute Gasteiger partial charge is 0.335 e. The third-order valence-electron chi connectivity index (χ3n) is 2.36. The van der Waals surface area contributed by atoms with Gasteiger partial charge in [-0.1, -0.05) is 6.92 Å². The standard InChI is InChI=1S/C12H15FN2O3/c1-3-6-15(2)12(18)14-10-7-8(11(16)17)4-5-9(10)13/h4-5,7H,3,6H2,1-2H3,(H,14,18)(H,16,17). The van der Waals surface area contributed by atoms with E-state index >= 15 is 0 Å². The number of benzene rings is 1. The van der Waals surface area contributed by atoms with Crippen LogP contribution in [-0.2, 0) is 0 Å². The Morgan fingerprint density at radius 1 is 1.44 bits per heavy atom. The van der Waals surface area contributed by atoms with Gasteiger partial charge in [0.05, 0.1) is 11.3 Å². The van der Waals surface area contributed by atoms with Crippen LogP contribution in [0.25, 0.3) is 0 Å². The molecule has 0 aliphatic carbocycles. The highest BCUT2D eigenvalue weighted by molar-refractivity contribution is 5.93. The molecule has 0 radical (unpaired) electrons. The molecule has 1 aromatic rings. The molecule has 0 saturated carbocycles. The normalized spacial score (nSPS) is 9.94. The maximum Gasteiger partial charge on any atom is 0.335 e. The fraction of sp³-hybridized carbons (Fsp3) is 0.333. The van der Waals surface area contributed by atoms with Crippen LogP contribution in [0.2, 0.25) is 0 Å². The Morgan fingerprint density at radius 2 is 2.11 bits per heavy atom. The molecule has 0 aliphatic rings. The Labute approximate surface area is 104 Å². The van der Waals surface area contributed by atoms with Gasteiger partial charge in [0, 0.05) is 13.6 Å². The minimum absolute atomic E-state index is 0.0788. The summed E-state index contributed by atoms with van der Waals surface area (Å²) in [5.41, 5.74) is -0.215. The van der Waals surface area contributed by atoms with Crippen molar-refractivity contribution in [3.8, 4) is 0 Å². The van der Waals surface area contributed by atoms with E-state index in [1.807, 2.05) is 6.92 Å². The molecule has 0 bridgehead atoms. The molecule has 0 heterocycles. The van der Waals surface area contributed by atoms with Crippen molar-refractivity contribution in [1.82, 2.24) is 4.90 Å². The topological polar surface area (TPSA) is 69.6 Å². The van der Waals surface area contributed by atoms with Crippen LogP contribution in [0, 0.1) is 5.82 Å². The first-order valence-corrected chi connectivity index (χ1v) is 5.50. The molecule has 5 nitrogen and oxygen atoms in total. The minimum Gasteiger partial charge on any atom is -0.478 e. The number of carboxylic acid groups (broad SMARTS) is 1. The van der Waals surface area contributed by atoms with Gasteiger partial charge in [0.2, 0.25) is 0 Å². The van der Waals surface area contributed by atoms with Crippen molar-refractivity contribution in [3.63, 3.8) is 0 Å². The van der Waals surface area contributed by atoms with Gasteiger partial charge in [0.1, 0.15) is 5.82 Å². The highest BCUT2D eigenvalue weighted by Gasteiger charge is 2.13. The number of urea groups is 1. The number of carbonyl (C=O) groups excluding carboxylic acids is 1. The predicted molar refractivity (Wildman–Crippen MR) is 65.3 cm³/mol. The van der Waals surface area contributed by atoms with E-state index in [1.165, 1.54) is 4.90 Å². The third-order valence-corrected chi connectivity index (χ3v) is 2.36. The van der Waals surface area contributed by atoms with Crippen LogP contribution < -0.4 is 5.32 Å². The number of carboxylic acids is 1. The fourth-order valence-corrected chi connectivity index (χ4v) is 1.40. The van der Waals surface area contributed by atoms with E-state index in [9.17, 15) is 14.0 Å². The van der Waals surface area contributed by atoms with Gasteiger partial charge >= 0.3 is 12.0 Å². The molecule has 6 heteroatoms. The second-order valence-electron chi connectivity index (χ2n) is 3.85. The highest BCUT2D eigenvalue weighted by atomic mass is 19.1. The average molecular weight is 254 g/mol. The van der Waals surface area contributed by atoms with Gasteiger partial charge in [-0.15, -0.1) is 0 Å². The van der Waals surface area contributed by atoms with Crippen LogP contribution in [0.5, 0.6) is 0 Å². The zero-order valence-corrected chi connectivity index (χ0v) is 10.2. The van der Waals surface area contributed by atoms with Crippen molar-refractivity contribution in [2.75, 3.05) is 18.9 Å². The first kappa shape index (κ1) is 14.0. The van der Waals surface area contributed by atoms with Gasteiger partial charge in [0.25, 0.3) is 0 Å². The van der Waals surface area contributed by atoms with Crippen LogP contribution in [0.3, 0.4) is 0 Å². The van der Waals surface area contributed by atoms with E-state index in [4.69, 9.17) is 5.11 Å². The monoisotopic (exact) mass is 254 g/mol. The van der Waals surface area contributed by atoms with Gasteiger partial charge in [-0.05, 0) is 24.6 Å². The van der Waals surface area contributed by atoms with E-state index in [0.717, 1.165) is 24.6 Å². The Balaban J connectivity index is 2.86. The summed E-state index contributed by atoms with van der Waals surface area (Å²) in [6, 6.07) is 2.77. The molecular weight excluding hydrogens is 239 g/mol. The number of hydrogen-bond acceptors (Lipinski definition) is 2. The van der Waals surface area contributed by atoms with E-state index in [1.54, 1.807) is 7.05 Å². The van der Waals surface area contributed by atoms with Crippen molar-refractivity contribution < 1.29 is 19.1 Å². The summed E-state index contributed by atoms with van der Waals surface area (Å²) < 4.78 is 13.4. The van der Waals surface area contributed by atoms with E-state index in [-0.39, 0.29) is 11.3 Å². The number of nitrogens with zero attached hydrogens (tertiary/aromatic N) is 1. The quantitative estimate of drug-likeness (QED) is 0.866. The van der Waals surface area contributed by atoms with Crippen molar-refractivity contribution >= 4 is 17.7 Å². The largest absolute Gasteiger partial charge is 0.478 e. The summed E-state index contributed by atoms with van der Waals surface area (Å²) in [5, 5.41) is 11.1. The first-order valence-electron chi connectivity index (χ1n) is 5.50. The summed E-state index contributed by atoms with van der Waals surface area (Å²) in [6.45, 7) is 2.45. The summed E-state index contributed by atoms with van der Waals surface area (Å²) in [4.78, 5) is 23.8. The average Bonchev–Trinajstić information content (AvgIpc) is 2.31. The van der Waals surface area contributed by atoms with Crippen molar-refractivity contribution in [2.24, 2.45) is 0 Å². The van der Waals surface area contributed by atoms with Gasteiger partial charge < -0.3 is 15.3 Å². The number of aromatic carboxylic acids is 1. The number of halogens is 1. The van der Waals surface area contributed by atoms with Gasteiger partial charge in [0.15, 0.2) is 0 Å². The number of carbonyl (C=O) groups is 2. The Morgan fingerprint density at radius 3 is 2.67 bits per heavy atom. The highest BCUT2D eigenvalue weighted by Crippen LogP contribution is 2.16. The molecule has 2 N–H and O–H groups in total. The Hall–Kier alpha value is -2.11. The number of nitrogens with one attached hydrogen (secondary N) is 1. The maximum atomic E-state index is 13.4. The van der Waals surface area contributed by atoms with Crippen molar-refractivity contribution in [3.05, 3.63) is 29.6 Å². The molecule has 0 spiro atoms. The second-order valence-corrected chi connectivity index (χ2v) is 3.85. The SMILES string of the molecule is CCCN(C)C(=O)Nc1cc(C(=O)O)ccc1F. The van der Waals surface area contributed by atoms with Crippen molar-refractivity contribution in [1.29, 1.82) is 0 Å². The minimum atomic E-state index is -1.17. The lowest BCUT2D eigenvalue weighted by atomic mass is 10.2. The zero-order chi connectivity index (χ0) is 13.7. The Kier molecular flexibility index (Phi) is 4.65. The fourth-order valence-electron chi connectivity index (χ4n) is 1.40. The van der Waals surface area contributed by atoms with Crippen LogP contribution in [0.1, 0.15) is 23.7 Å². The lowest BCUT2D eigenvalue weighted by Gasteiger charge is -2.17.